The minimum absolute atomic E-state index is 0.118. The molecule has 0 saturated heterocycles. The average molecular weight is 309 g/mol. The molecule has 0 saturated carbocycles. The van der Waals surface area contributed by atoms with E-state index < -0.39 is 5.97 Å². The van der Waals surface area contributed by atoms with E-state index in [1.54, 1.807) is 33.8 Å². The zero-order chi connectivity index (χ0) is 15.4. The SMILES string of the molecule is CC(C)n1ncnc1CN(CC(=O)O)c1ccc(Cl)cc1. The van der Waals surface area contributed by atoms with Crippen LogP contribution in [0.15, 0.2) is 30.6 Å². The Morgan fingerprint density at radius 1 is 1.38 bits per heavy atom. The van der Waals surface area contributed by atoms with Gasteiger partial charge in [-0.15, -0.1) is 0 Å². The van der Waals surface area contributed by atoms with Crippen LogP contribution in [0.25, 0.3) is 0 Å². The summed E-state index contributed by atoms with van der Waals surface area (Å²) in [5.74, 6) is -0.179. The highest BCUT2D eigenvalue weighted by atomic mass is 35.5. The van der Waals surface area contributed by atoms with Gasteiger partial charge in [-0.1, -0.05) is 11.6 Å². The Morgan fingerprint density at radius 2 is 2.05 bits per heavy atom. The molecule has 112 valence electrons. The number of aromatic nitrogens is 3. The van der Waals surface area contributed by atoms with Gasteiger partial charge in [0.25, 0.3) is 0 Å². The van der Waals surface area contributed by atoms with Gasteiger partial charge < -0.3 is 10.0 Å². The first-order valence-electron chi connectivity index (χ1n) is 6.58. The van der Waals surface area contributed by atoms with Crippen LogP contribution in [0.2, 0.25) is 5.02 Å². The molecule has 0 atom stereocenters. The average Bonchev–Trinajstić information content (AvgIpc) is 2.86. The van der Waals surface area contributed by atoms with Crippen molar-refractivity contribution in [3.05, 3.63) is 41.4 Å². The van der Waals surface area contributed by atoms with Crippen LogP contribution in [-0.2, 0) is 11.3 Å². The van der Waals surface area contributed by atoms with Gasteiger partial charge in [-0.25, -0.2) is 9.67 Å². The molecule has 1 heterocycles. The Bertz CT molecular complexity index is 610. The van der Waals surface area contributed by atoms with Gasteiger partial charge in [0.15, 0.2) is 0 Å². The monoisotopic (exact) mass is 308 g/mol. The van der Waals surface area contributed by atoms with E-state index in [2.05, 4.69) is 10.1 Å². The second-order valence-corrected chi connectivity index (χ2v) is 5.38. The first-order chi connectivity index (χ1) is 9.97. The lowest BCUT2D eigenvalue weighted by Crippen LogP contribution is -2.30. The lowest BCUT2D eigenvalue weighted by molar-refractivity contribution is -0.135. The maximum absolute atomic E-state index is 11.1. The maximum atomic E-state index is 11.1. The topological polar surface area (TPSA) is 71.2 Å². The standard InChI is InChI=1S/C14H17ClN4O2/c1-10(2)19-13(16-9-17-19)7-18(8-14(20)21)12-5-3-11(15)4-6-12/h3-6,9-10H,7-8H2,1-2H3,(H,20,21). The van der Waals surface area contributed by atoms with Crippen molar-refractivity contribution in [1.29, 1.82) is 0 Å². The molecule has 0 aliphatic rings. The molecule has 2 aromatic rings. The summed E-state index contributed by atoms with van der Waals surface area (Å²) in [7, 11) is 0. The molecule has 7 heteroatoms. The van der Waals surface area contributed by atoms with Crippen LogP contribution in [-0.4, -0.2) is 32.4 Å². The summed E-state index contributed by atoms with van der Waals surface area (Å²) < 4.78 is 1.78. The van der Waals surface area contributed by atoms with Crippen molar-refractivity contribution in [3.8, 4) is 0 Å². The van der Waals surface area contributed by atoms with E-state index in [-0.39, 0.29) is 12.6 Å². The van der Waals surface area contributed by atoms with Crippen LogP contribution in [0.1, 0.15) is 25.7 Å². The lowest BCUT2D eigenvalue weighted by atomic mass is 10.2. The third kappa shape index (κ3) is 3.95. The first-order valence-corrected chi connectivity index (χ1v) is 6.96. The zero-order valence-corrected chi connectivity index (χ0v) is 12.7. The molecule has 21 heavy (non-hydrogen) atoms. The van der Waals surface area contributed by atoms with E-state index >= 15 is 0 Å². The van der Waals surface area contributed by atoms with Gasteiger partial charge in [0.05, 0.1) is 6.54 Å². The number of hydrogen-bond acceptors (Lipinski definition) is 4. The smallest absolute Gasteiger partial charge is 0.323 e. The minimum atomic E-state index is -0.902. The number of rotatable bonds is 6. The second-order valence-electron chi connectivity index (χ2n) is 4.94. The molecule has 0 aliphatic carbocycles. The van der Waals surface area contributed by atoms with Crippen LogP contribution in [0, 0.1) is 0 Å². The lowest BCUT2D eigenvalue weighted by Gasteiger charge is -2.23. The summed E-state index contributed by atoms with van der Waals surface area (Å²) in [6.07, 6.45) is 1.48. The zero-order valence-electron chi connectivity index (χ0n) is 11.9. The number of carboxylic acids is 1. The van der Waals surface area contributed by atoms with Gasteiger partial charge in [0, 0.05) is 16.8 Å². The van der Waals surface area contributed by atoms with Gasteiger partial charge in [-0.05, 0) is 38.1 Å². The molecule has 1 aromatic carbocycles. The summed E-state index contributed by atoms with van der Waals surface area (Å²) in [5, 5.41) is 13.9. The molecule has 0 bridgehead atoms. The first kappa shape index (κ1) is 15.3. The van der Waals surface area contributed by atoms with Crippen LogP contribution >= 0.6 is 11.6 Å². The van der Waals surface area contributed by atoms with E-state index in [1.165, 1.54) is 6.33 Å². The summed E-state index contributed by atoms with van der Waals surface area (Å²) in [6, 6.07) is 7.22. The largest absolute Gasteiger partial charge is 0.480 e. The Balaban J connectivity index is 2.26. The van der Waals surface area contributed by atoms with Gasteiger partial charge in [-0.2, -0.15) is 5.10 Å². The third-order valence-corrected chi connectivity index (χ3v) is 3.24. The molecule has 1 aromatic heterocycles. The number of carbonyl (C=O) groups is 1. The van der Waals surface area contributed by atoms with Crippen molar-refractivity contribution in [2.45, 2.75) is 26.4 Å². The number of benzene rings is 1. The molecule has 0 amide bonds. The van der Waals surface area contributed by atoms with Crippen LogP contribution in [0.3, 0.4) is 0 Å². The Morgan fingerprint density at radius 3 is 2.62 bits per heavy atom. The molecular formula is C14H17ClN4O2. The summed E-state index contributed by atoms with van der Waals surface area (Å²) in [6.45, 7) is 4.25. The summed E-state index contributed by atoms with van der Waals surface area (Å²) in [5.41, 5.74) is 0.778. The molecule has 0 unspecified atom stereocenters. The maximum Gasteiger partial charge on any atom is 0.323 e. The predicted molar refractivity (Wildman–Crippen MR) is 80.5 cm³/mol. The number of anilines is 1. The second kappa shape index (κ2) is 6.58. The van der Waals surface area contributed by atoms with Crippen molar-refractivity contribution in [1.82, 2.24) is 14.8 Å². The minimum Gasteiger partial charge on any atom is -0.480 e. The molecule has 0 spiro atoms. The fourth-order valence-electron chi connectivity index (χ4n) is 2.04. The van der Waals surface area contributed by atoms with Crippen molar-refractivity contribution < 1.29 is 9.90 Å². The van der Waals surface area contributed by atoms with Crippen molar-refractivity contribution in [2.75, 3.05) is 11.4 Å². The van der Waals surface area contributed by atoms with Gasteiger partial charge >= 0.3 is 5.97 Å². The molecule has 0 fully saturated rings. The van der Waals surface area contributed by atoms with E-state index in [4.69, 9.17) is 16.7 Å². The van der Waals surface area contributed by atoms with E-state index in [9.17, 15) is 4.79 Å². The van der Waals surface area contributed by atoms with Gasteiger partial charge in [0.2, 0.25) is 0 Å². The number of nitrogens with zero attached hydrogens (tertiary/aromatic N) is 4. The highest BCUT2D eigenvalue weighted by molar-refractivity contribution is 6.30. The van der Waals surface area contributed by atoms with Crippen molar-refractivity contribution in [3.63, 3.8) is 0 Å². The Labute approximate surface area is 128 Å². The normalized spacial score (nSPS) is 10.9. The van der Waals surface area contributed by atoms with E-state index in [1.807, 2.05) is 13.8 Å². The van der Waals surface area contributed by atoms with Crippen LogP contribution < -0.4 is 4.90 Å². The molecule has 0 radical (unpaired) electrons. The molecule has 0 aliphatic heterocycles. The number of aliphatic carboxylic acids is 1. The number of hydrogen-bond donors (Lipinski definition) is 1. The van der Waals surface area contributed by atoms with Crippen molar-refractivity contribution in [2.24, 2.45) is 0 Å². The predicted octanol–water partition coefficient (Wildman–Crippen LogP) is 2.60. The Hall–Kier alpha value is -2.08. The Kier molecular flexibility index (Phi) is 4.80. The van der Waals surface area contributed by atoms with Gasteiger partial charge in [0.1, 0.15) is 18.7 Å². The fourth-order valence-corrected chi connectivity index (χ4v) is 2.17. The van der Waals surface area contributed by atoms with Crippen LogP contribution in [0.4, 0.5) is 5.69 Å². The third-order valence-electron chi connectivity index (χ3n) is 2.99. The van der Waals surface area contributed by atoms with Gasteiger partial charge in [-0.3, -0.25) is 4.79 Å². The molecule has 6 nitrogen and oxygen atoms in total. The van der Waals surface area contributed by atoms with E-state index in [0.717, 1.165) is 11.5 Å². The summed E-state index contributed by atoms with van der Waals surface area (Å²) in [4.78, 5) is 17.0. The quantitative estimate of drug-likeness (QED) is 0.888. The fraction of sp³-hybridized carbons (Fsp3) is 0.357. The van der Waals surface area contributed by atoms with Crippen molar-refractivity contribution >= 4 is 23.3 Å². The molecular weight excluding hydrogens is 292 g/mol. The highest BCUT2D eigenvalue weighted by Gasteiger charge is 2.16. The van der Waals surface area contributed by atoms with E-state index in [0.29, 0.717) is 11.6 Å². The highest BCUT2D eigenvalue weighted by Crippen LogP contribution is 2.20. The number of carboxylic acid groups (broad SMARTS) is 1. The molecule has 1 N–H and O–H groups in total. The molecule has 2 rings (SSSR count). The van der Waals surface area contributed by atoms with Crippen LogP contribution in [0.5, 0.6) is 0 Å². The summed E-state index contributed by atoms with van der Waals surface area (Å²) >= 11 is 5.87. The number of halogens is 1.